The summed E-state index contributed by atoms with van der Waals surface area (Å²) in [4.78, 5) is 20.9. The molecule has 1 amide bonds. The predicted octanol–water partition coefficient (Wildman–Crippen LogP) is 4.34. The highest BCUT2D eigenvalue weighted by atomic mass is 35.5. The molecule has 0 aliphatic rings. The van der Waals surface area contributed by atoms with E-state index in [9.17, 15) is 4.79 Å². The highest BCUT2D eigenvalue weighted by Crippen LogP contribution is 2.29. The van der Waals surface area contributed by atoms with E-state index in [-0.39, 0.29) is 17.7 Å². The lowest BCUT2D eigenvalue weighted by atomic mass is 10.2. The summed E-state index contributed by atoms with van der Waals surface area (Å²) in [6, 6.07) is 11.6. The van der Waals surface area contributed by atoms with Crippen LogP contribution >= 0.6 is 23.4 Å². The first-order valence-corrected chi connectivity index (χ1v) is 10.1. The van der Waals surface area contributed by atoms with Crippen molar-refractivity contribution in [1.29, 1.82) is 0 Å². The van der Waals surface area contributed by atoms with Crippen LogP contribution < -0.4 is 5.32 Å². The molecule has 0 atom stereocenters. The summed E-state index contributed by atoms with van der Waals surface area (Å²) in [7, 11) is 0. The van der Waals surface area contributed by atoms with Crippen molar-refractivity contribution < 1.29 is 4.79 Å². The van der Waals surface area contributed by atoms with Crippen LogP contribution in [0.25, 0.3) is 22.1 Å². The van der Waals surface area contributed by atoms with Gasteiger partial charge in [0.05, 0.1) is 16.3 Å². The average molecular weight is 413 g/mol. The highest BCUT2D eigenvalue weighted by molar-refractivity contribution is 7.99. The Labute approximate surface area is 170 Å². The number of amides is 1. The van der Waals surface area contributed by atoms with Crippen molar-refractivity contribution in [3.63, 3.8) is 0 Å². The van der Waals surface area contributed by atoms with Crippen LogP contribution in [0.4, 0.5) is 5.82 Å². The van der Waals surface area contributed by atoms with Crippen LogP contribution in [-0.4, -0.2) is 36.4 Å². The third kappa shape index (κ3) is 3.65. The zero-order chi connectivity index (χ0) is 19.7. The van der Waals surface area contributed by atoms with Gasteiger partial charge in [0.25, 0.3) is 0 Å². The number of hydrogen-bond acceptors (Lipinski definition) is 6. The fourth-order valence-electron chi connectivity index (χ4n) is 2.99. The van der Waals surface area contributed by atoms with Crippen LogP contribution in [0.15, 0.2) is 47.8 Å². The van der Waals surface area contributed by atoms with Gasteiger partial charge in [0.2, 0.25) is 11.1 Å². The van der Waals surface area contributed by atoms with E-state index in [2.05, 4.69) is 50.0 Å². The Kier molecular flexibility index (Phi) is 5.15. The molecular weight excluding hydrogens is 396 g/mol. The van der Waals surface area contributed by atoms with Gasteiger partial charge in [-0.1, -0.05) is 41.6 Å². The normalized spacial score (nSPS) is 11.4. The van der Waals surface area contributed by atoms with Crippen LogP contribution in [0.5, 0.6) is 0 Å². The lowest BCUT2D eigenvalue weighted by Crippen LogP contribution is -2.15. The van der Waals surface area contributed by atoms with Crippen LogP contribution in [-0.2, 0) is 4.79 Å². The van der Waals surface area contributed by atoms with Crippen molar-refractivity contribution in [1.82, 2.24) is 24.7 Å². The summed E-state index contributed by atoms with van der Waals surface area (Å²) in [6.07, 6.45) is 1.48. The van der Waals surface area contributed by atoms with Gasteiger partial charge >= 0.3 is 0 Å². The summed E-state index contributed by atoms with van der Waals surface area (Å²) >= 11 is 7.03. The number of carbonyl (C=O) groups excluding carboxylic acids is 1. The van der Waals surface area contributed by atoms with Crippen molar-refractivity contribution in [3.8, 4) is 0 Å². The minimum atomic E-state index is -0.201. The second-order valence-corrected chi connectivity index (χ2v) is 7.82. The predicted molar refractivity (Wildman–Crippen MR) is 112 cm³/mol. The number of aromatic nitrogens is 5. The Bertz CT molecular complexity index is 1160. The average Bonchev–Trinajstić information content (AvgIpc) is 3.02. The van der Waals surface area contributed by atoms with Crippen molar-refractivity contribution in [3.05, 3.63) is 47.6 Å². The van der Waals surface area contributed by atoms with Crippen molar-refractivity contribution in [2.45, 2.75) is 25.0 Å². The van der Waals surface area contributed by atoms with Gasteiger partial charge in [0.1, 0.15) is 11.3 Å². The van der Waals surface area contributed by atoms with Crippen LogP contribution in [0.2, 0.25) is 5.02 Å². The standard InChI is InChI=1S/C19H17ClN6OS/c1-11(2)26-14-6-4-3-5-13(14)17-18(26)23-19(25-24-17)28-10-16(27)22-15-8-7-12(20)9-21-15/h3-9,11H,10H2,1-2H3,(H,21,22,27). The molecule has 0 radical (unpaired) electrons. The molecule has 28 heavy (non-hydrogen) atoms. The molecule has 3 aromatic heterocycles. The molecule has 0 spiro atoms. The number of benzene rings is 1. The molecule has 0 saturated heterocycles. The molecule has 142 valence electrons. The molecule has 3 heterocycles. The number of hydrogen-bond donors (Lipinski definition) is 1. The molecule has 0 saturated carbocycles. The maximum atomic E-state index is 12.2. The number of pyridine rings is 1. The monoisotopic (exact) mass is 412 g/mol. The molecule has 9 heteroatoms. The number of carbonyl (C=O) groups is 1. The molecule has 0 aliphatic carbocycles. The first kappa shape index (κ1) is 18.6. The molecule has 1 N–H and O–H groups in total. The van der Waals surface area contributed by atoms with E-state index in [0.29, 0.717) is 16.0 Å². The van der Waals surface area contributed by atoms with E-state index >= 15 is 0 Å². The summed E-state index contributed by atoms with van der Waals surface area (Å²) in [5.41, 5.74) is 2.61. The largest absolute Gasteiger partial charge is 0.321 e. The quantitative estimate of drug-likeness (QED) is 0.491. The minimum Gasteiger partial charge on any atom is -0.321 e. The SMILES string of the molecule is CC(C)n1c2ccccc2c2nnc(SCC(=O)Nc3ccc(Cl)cn3)nc21. The number of halogens is 1. The molecule has 0 unspecified atom stereocenters. The van der Waals surface area contributed by atoms with Crippen LogP contribution in [0.3, 0.4) is 0 Å². The van der Waals surface area contributed by atoms with E-state index in [0.717, 1.165) is 22.1 Å². The number of fused-ring (bicyclic) bond motifs is 3. The first-order valence-electron chi connectivity index (χ1n) is 8.70. The van der Waals surface area contributed by atoms with E-state index in [1.165, 1.54) is 18.0 Å². The molecular formula is C19H17ClN6OS. The molecule has 4 rings (SSSR count). The van der Waals surface area contributed by atoms with Crippen LogP contribution in [0.1, 0.15) is 19.9 Å². The Balaban J connectivity index is 1.56. The molecule has 4 aromatic rings. The lowest BCUT2D eigenvalue weighted by molar-refractivity contribution is -0.113. The number of thioether (sulfide) groups is 1. The van der Waals surface area contributed by atoms with Gasteiger partial charge in [0, 0.05) is 17.6 Å². The number of rotatable bonds is 5. The van der Waals surface area contributed by atoms with Gasteiger partial charge in [-0.2, -0.15) is 0 Å². The zero-order valence-electron chi connectivity index (χ0n) is 15.3. The smallest absolute Gasteiger partial charge is 0.236 e. The first-order chi connectivity index (χ1) is 13.5. The Hall–Kier alpha value is -2.71. The van der Waals surface area contributed by atoms with Crippen LogP contribution in [0, 0.1) is 0 Å². The second-order valence-electron chi connectivity index (χ2n) is 6.45. The molecule has 1 aromatic carbocycles. The fraction of sp³-hybridized carbons (Fsp3) is 0.211. The van der Waals surface area contributed by atoms with Gasteiger partial charge < -0.3 is 9.88 Å². The Morgan fingerprint density at radius 1 is 1.21 bits per heavy atom. The summed E-state index contributed by atoms with van der Waals surface area (Å²) in [5.74, 6) is 0.400. The number of nitrogens with zero attached hydrogens (tertiary/aromatic N) is 5. The zero-order valence-corrected chi connectivity index (χ0v) is 16.8. The van der Waals surface area contributed by atoms with Crippen molar-refractivity contribution in [2.24, 2.45) is 0 Å². The van der Waals surface area contributed by atoms with Gasteiger partial charge in [-0.3, -0.25) is 4.79 Å². The van der Waals surface area contributed by atoms with Gasteiger partial charge in [-0.25, -0.2) is 9.97 Å². The summed E-state index contributed by atoms with van der Waals surface area (Å²) in [5, 5.41) is 13.3. The van der Waals surface area contributed by atoms with Gasteiger partial charge in [-0.05, 0) is 32.0 Å². The van der Waals surface area contributed by atoms with E-state index in [1.54, 1.807) is 12.1 Å². The third-order valence-corrected chi connectivity index (χ3v) is 5.20. The van der Waals surface area contributed by atoms with E-state index < -0.39 is 0 Å². The second kappa shape index (κ2) is 7.73. The molecule has 0 aliphatic heterocycles. The fourth-order valence-corrected chi connectivity index (χ4v) is 3.68. The van der Waals surface area contributed by atoms with Crippen molar-refractivity contribution >= 4 is 57.2 Å². The number of anilines is 1. The molecule has 0 bridgehead atoms. The Morgan fingerprint density at radius 3 is 2.79 bits per heavy atom. The highest BCUT2D eigenvalue weighted by Gasteiger charge is 2.17. The maximum absolute atomic E-state index is 12.2. The molecule has 7 nitrogen and oxygen atoms in total. The van der Waals surface area contributed by atoms with E-state index in [4.69, 9.17) is 11.6 Å². The maximum Gasteiger partial charge on any atom is 0.236 e. The third-order valence-electron chi connectivity index (χ3n) is 4.14. The Morgan fingerprint density at radius 2 is 2.04 bits per heavy atom. The van der Waals surface area contributed by atoms with E-state index in [1.807, 2.05) is 18.2 Å². The van der Waals surface area contributed by atoms with Gasteiger partial charge in [0.15, 0.2) is 5.65 Å². The summed E-state index contributed by atoms with van der Waals surface area (Å²) < 4.78 is 2.14. The van der Waals surface area contributed by atoms with Crippen molar-refractivity contribution in [2.75, 3.05) is 11.1 Å². The molecule has 0 fully saturated rings. The number of para-hydroxylation sites is 1. The van der Waals surface area contributed by atoms with Gasteiger partial charge in [-0.15, -0.1) is 10.2 Å². The topological polar surface area (TPSA) is 85.6 Å². The minimum absolute atomic E-state index is 0.152. The summed E-state index contributed by atoms with van der Waals surface area (Å²) in [6.45, 7) is 4.21. The number of nitrogens with one attached hydrogen (secondary N) is 1. The lowest BCUT2D eigenvalue weighted by Gasteiger charge is -2.10.